The first-order chi connectivity index (χ1) is 4.61. The van der Waals surface area contributed by atoms with Crippen LogP contribution in [0, 0.1) is 13.8 Å². The summed E-state index contributed by atoms with van der Waals surface area (Å²) in [6.45, 7) is 5.59. The molecule has 0 aliphatic heterocycles. The maximum Gasteiger partial charge on any atom is 0.0452 e. The van der Waals surface area contributed by atoms with Crippen LogP contribution in [0.2, 0.25) is 10.0 Å². The highest BCUT2D eigenvalue weighted by Gasteiger charge is 1.99. The van der Waals surface area contributed by atoms with Crippen molar-refractivity contribution in [2.45, 2.75) is 6.92 Å². The van der Waals surface area contributed by atoms with E-state index in [1.54, 1.807) is 12.1 Å². The minimum atomic E-state index is 0.678. The van der Waals surface area contributed by atoms with Gasteiger partial charge in [0.25, 0.3) is 0 Å². The van der Waals surface area contributed by atoms with Gasteiger partial charge in [-0.1, -0.05) is 23.2 Å². The zero-order chi connectivity index (χ0) is 7.72. The molecule has 0 bridgehead atoms. The van der Waals surface area contributed by atoms with E-state index >= 15 is 0 Å². The Balaban J connectivity index is 3.31. The van der Waals surface area contributed by atoms with Crippen molar-refractivity contribution in [3.63, 3.8) is 0 Å². The molecule has 0 atom stereocenters. The predicted molar refractivity (Wildman–Crippen MR) is 45.7 cm³/mol. The molecule has 1 aromatic rings. The highest BCUT2D eigenvalue weighted by atomic mass is 35.5. The quantitative estimate of drug-likeness (QED) is 0.564. The van der Waals surface area contributed by atoms with Gasteiger partial charge in [-0.05, 0) is 37.1 Å². The molecule has 0 aromatic heterocycles. The second-order valence-electron chi connectivity index (χ2n) is 2.18. The normalized spacial score (nSPS) is 10.0. The number of rotatable bonds is 0. The van der Waals surface area contributed by atoms with Crippen LogP contribution in [0.1, 0.15) is 11.1 Å². The maximum absolute atomic E-state index is 5.79. The minimum absolute atomic E-state index is 0.678. The molecule has 0 aliphatic rings. The fourth-order valence-corrected chi connectivity index (χ4v) is 1.23. The van der Waals surface area contributed by atoms with E-state index in [-0.39, 0.29) is 0 Å². The van der Waals surface area contributed by atoms with Crippen molar-refractivity contribution in [3.05, 3.63) is 40.2 Å². The SMILES string of the molecule is [CH2]c1cc(Cl)c(C)c(Cl)c1. The molecule has 0 saturated carbocycles. The molecule has 0 N–H and O–H groups in total. The standard InChI is InChI=1S/C8H7Cl2/c1-5-3-7(9)6(2)8(10)4-5/h3-4H,1H2,2H3. The molecule has 0 fully saturated rings. The Hall–Kier alpha value is -0.200. The van der Waals surface area contributed by atoms with E-state index in [1.165, 1.54) is 0 Å². The van der Waals surface area contributed by atoms with E-state index in [2.05, 4.69) is 6.92 Å². The molecule has 0 spiro atoms. The van der Waals surface area contributed by atoms with Gasteiger partial charge in [0, 0.05) is 10.0 Å². The number of benzene rings is 1. The Kier molecular flexibility index (Phi) is 2.22. The first-order valence-corrected chi connectivity index (χ1v) is 3.64. The van der Waals surface area contributed by atoms with Crippen LogP contribution in [0.15, 0.2) is 12.1 Å². The van der Waals surface area contributed by atoms with Crippen molar-refractivity contribution in [3.8, 4) is 0 Å². The van der Waals surface area contributed by atoms with Crippen LogP contribution in [0.3, 0.4) is 0 Å². The fraction of sp³-hybridized carbons (Fsp3) is 0.125. The molecule has 53 valence electrons. The summed E-state index contributed by atoms with van der Waals surface area (Å²) in [7, 11) is 0. The molecule has 0 aliphatic carbocycles. The van der Waals surface area contributed by atoms with E-state index in [4.69, 9.17) is 23.2 Å². The van der Waals surface area contributed by atoms with Crippen molar-refractivity contribution in [1.82, 2.24) is 0 Å². The molecule has 1 aromatic carbocycles. The van der Waals surface area contributed by atoms with Gasteiger partial charge in [0.15, 0.2) is 0 Å². The van der Waals surface area contributed by atoms with Crippen molar-refractivity contribution >= 4 is 23.2 Å². The van der Waals surface area contributed by atoms with Gasteiger partial charge in [0.1, 0.15) is 0 Å². The summed E-state index contributed by atoms with van der Waals surface area (Å²) < 4.78 is 0. The van der Waals surface area contributed by atoms with Crippen molar-refractivity contribution < 1.29 is 0 Å². The molecule has 0 nitrogen and oxygen atoms in total. The third-order valence-corrected chi connectivity index (χ3v) is 2.13. The van der Waals surface area contributed by atoms with Crippen LogP contribution in [-0.2, 0) is 0 Å². The summed E-state index contributed by atoms with van der Waals surface area (Å²) in [6, 6.07) is 3.59. The summed E-state index contributed by atoms with van der Waals surface area (Å²) in [6.07, 6.45) is 0. The second-order valence-corrected chi connectivity index (χ2v) is 3.00. The van der Waals surface area contributed by atoms with Crippen LogP contribution < -0.4 is 0 Å². The van der Waals surface area contributed by atoms with Crippen LogP contribution in [0.5, 0.6) is 0 Å². The fourth-order valence-electron chi connectivity index (χ4n) is 0.698. The monoisotopic (exact) mass is 173 g/mol. The lowest BCUT2D eigenvalue weighted by Crippen LogP contribution is -1.79. The zero-order valence-electron chi connectivity index (χ0n) is 5.62. The molecule has 1 rings (SSSR count). The van der Waals surface area contributed by atoms with Crippen LogP contribution >= 0.6 is 23.2 Å². The smallest absolute Gasteiger partial charge is 0.0452 e. The molecule has 0 saturated heterocycles. The van der Waals surface area contributed by atoms with Crippen molar-refractivity contribution in [2.24, 2.45) is 0 Å². The molecule has 1 radical (unpaired) electrons. The first-order valence-electron chi connectivity index (χ1n) is 2.89. The van der Waals surface area contributed by atoms with Crippen LogP contribution in [0.4, 0.5) is 0 Å². The lowest BCUT2D eigenvalue weighted by Gasteiger charge is -2.01. The zero-order valence-corrected chi connectivity index (χ0v) is 7.13. The Morgan fingerprint density at radius 1 is 1.20 bits per heavy atom. The Morgan fingerprint density at radius 3 is 2.00 bits per heavy atom. The molecule has 0 unspecified atom stereocenters. The minimum Gasteiger partial charge on any atom is -0.0840 e. The van der Waals surface area contributed by atoms with E-state index in [0.29, 0.717) is 10.0 Å². The predicted octanol–water partition coefficient (Wildman–Crippen LogP) is 3.48. The van der Waals surface area contributed by atoms with Gasteiger partial charge in [-0.15, -0.1) is 0 Å². The molecular formula is C8H7Cl2. The maximum atomic E-state index is 5.79. The van der Waals surface area contributed by atoms with Gasteiger partial charge in [0.2, 0.25) is 0 Å². The molecule has 0 amide bonds. The molecule has 10 heavy (non-hydrogen) atoms. The van der Waals surface area contributed by atoms with Gasteiger partial charge < -0.3 is 0 Å². The molecular weight excluding hydrogens is 167 g/mol. The van der Waals surface area contributed by atoms with Crippen LogP contribution in [-0.4, -0.2) is 0 Å². The number of hydrogen-bond donors (Lipinski definition) is 0. The summed E-state index contributed by atoms with van der Waals surface area (Å²) in [4.78, 5) is 0. The average Bonchev–Trinajstić information content (AvgIpc) is 1.82. The highest BCUT2D eigenvalue weighted by Crippen LogP contribution is 2.24. The van der Waals surface area contributed by atoms with E-state index in [1.807, 2.05) is 6.92 Å². The van der Waals surface area contributed by atoms with E-state index in [0.717, 1.165) is 11.1 Å². The Morgan fingerprint density at radius 2 is 1.60 bits per heavy atom. The van der Waals surface area contributed by atoms with E-state index < -0.39 is 0 Å². The lowest BCUT2D eigenvalue weighted by atomic mass is 10.2. The lowest BCUT2D eigenvalue weighted by molar-refractivity contribution is 1.45. The van der Waals surface area contributed by atoms with Gasteiger partial charge in [0.05, 0.1) is 0 Å². The van der Waals surface area contributed by atoms with E-state index in [9.17, 15) is 0 Å². The number of halogens is 2. The average molecular weight is 174 g/mol. The first kappa shape index (κ1) is 7.90. The third kappa shape index (κ3) is 1.44. The largest absolute Gasteiger partial charge is 0.0840 e. The van der Waals surface area contributed by atoms with Gasteiger partial charge in [-0.25, -0.2) is 0 Å². The summed E-state index contributed by atoms with van der Waals surface area (Å²) in [5.74, 6) is 0. The summed E-state index contributed by atoms with van der Waals surface area (Å²) >= 11 is 11.6. The Labute approximate surface area is 70.8 Å². The van der Waals surface area contributed by atoms with Gasteiger partial charge >= 0.3 is 0 Å². The molecule has 2 heteroatoms. The van der Waals surface area contributed by atoms with Crippen molar-refractivity contribution in [1.29, 1.82) is 0 Å². The third-order valence-electron chi connectivity index (χ3n) is 1.34. The van der Waals surface area contributed by atoms with Gasteiger partial charge in [-0.2, -0.15) is 0 Å². The Bertz CT molecular complexity index is 230. The van der Waals surface area contributed by atoms with Gasteiger partial charge in [-0.3, -0.25) is 0 Å². The topological polar surface area (TPSA) is 0 Å². The van der Waals surface area contributed by atoms with Crippen molar-refractivity contribution in [2.75, 3.05) is 0 Å². The summed E-state index contributed by atoms with van der Waals surface area (Å²) in [5.41, 5.74) is 1.76. The highest BCUT2D eigenvalue weighted by molar-refractivity contribution is 6.36. The summed E-state index contributed by atoms with van der Waals surface area (Å²) in [5, 5.41) is 1.36. The molecule has 0 heterocycles. The van der Waals surface area contributed by atoms with Crippen LogP contribution in [0.25, 0.3) is 0 Å². The second kappa shape index (κ2) is 2.81. The number of hydrogen-bond acceptors (Lipinski definition) is 0.